The Bertz CT molecular complexity index is 604. The standard InChI is InChI=1S/C14H13NO2S/c1-9-8-18-14(15-9)7-17-13-4-2-3-10-11(13)5-6-12(10)16/h2-4,8H,5-7H2,1H3. The first kappa shape index (κ1) is 11.4. The Balaban J connectivity index is 1.80. The van der Waals surface area contributed by atoms with Gasteiger partial charge < -0.3 is 4.74 Å². The summed E-state index contributed by atoms with van der Waals surface area (Å²) in [4.78, 5) is 16.0. The van der Waals surface area contributed by atoms with E-state index < -0.39 is 0 Å². The summed E-state index contributed by atoms with van der Waals surface area (Å²) in [5.74, 6) is 1.05. The van der Waals surface area contributed by atoms with E-state index in [0.29, 0.717) is 13.0 Å². The third kappa shape index (κ3) is 2.04. The van der Waals surface area contributed by atoms with Crippen molar-refractivity contribution in [2.24, 2.45) is 0 Å². The van der Waals surface area contributed by atoms with E-state index in [2.05, 4.69) is 4.98 Å². The van der Waals surface area contributed by atoms with Crippen molar-refractivity contribution in [3.63, 3.8) is 0 Å². The van der Waals surface area contributed by atoms with Crippen LogP contribution in [0.4, 0.5) is 0 Å². The van der Waals surface area contributed by atoms with E-state index in [1.165, 1.54) is 0 Å². The molecule has 0 unspecified atom stereocenters. The van der Waals surface area contributed by atoms with Gasteiger partial charge in [-0.3, -0.25) is 4.79 Å². The Morgan fingerprint density at radius 1 is 1.39 bits per heavy atom. The summed E-state index contributed by atoms with van der Waals surface area (Å²) in [5, 5.41) is 2.98. The van der Waals surface area contributed by atoms with Crippen LogP contribution in [0.5, 0.6) is 5.75 Å². The summed E-state index contributed by atoms with van der Waals surface area (Å²) in [5.41, 5.74) is 2.89. The first-order valence-electron chi connectivity index (χ1n) is 5.93. The van der Waals surface area contributed by atoms with Crippen LogP contribution < -0.4 is 4.74 Å². The molecule has 92 valence electrons. The Morgan fingerprint density at radius 2 is 2.28 bits per heavy atom. The SMILES string of the molecule is Cc1csc(COc2cccc3c2CCC3=O)n1. The van der Waals surface area contributed by atoms with Gasteiger partial charge in [-0.1, -0.05) is 12.1 Å². The van der Waals surface area contributed by atoms with Crippen LogP contribution in [-0.4, -0.2) is 10.8 Å². The number of ketones is 1. The molecule has 0 radical (unpaired) electrons. The second-order valence-corrected chi connectivity index (χ2v) is 5.32. The Kier molecular flexibility index (Phi) is 2.88. The van der Waals surface area contributed by atoms with Crippen molar-refractivity contribution in [3.05, 3.63) is 45.4 Å². The summed E-state index contributed by atoms with van der Waals surface area (Å²) in [6, 6.07) is 5.69. The molecule has 0 aliphatic heterocycles. The zero-order valence-electron chi connectivity index (χ0n) is 10.1. The van der Waals surface area contributed by atoms with Crippen molar-refractivity contribution in [3.8, 4) is 5.75 Å². The molecule has 0 fully saturated rings. The fourth-order valence-corrected chi connectivity index (χ4v) is 2.88. The molecule has 1 heterocycles. The highest BCUT2D eigenvalue weighted by Crippen LogP contribution is 2.31. The lowest BCUT2D eigenvalue weighted by molar-refractivity contribution is 0.0994. The smallest absolute Gasteiger partial charge is 0.163 e. The maximum absolute atomic E-state index is 11.6. The van der Waals surface area contributed by atoms with Crippen LogP contribution in [0, 0.1) is 6.92 Å². The highest BCUT2D eigenvalue weighted by Gasteiger charge is 2.22. The van der Waals surface area contributed by atoms with E-state index in [9.17, 15) is 4.79 Å². The molecule has 0 bridgehead atoms. The second-order valence-electron chi connectivity index (χ2n) is 4.38. The molecule has 0 amide bonds. The number of fused-ring (bicyclic) bond motifs is 1. The quantitative estimate of drug-likeness (QED) is 0.850. The molecule has 18 heavy (non-hydrogen) atoms. The largest absolute Gasteiger partial charge is 0.486 e. The van der Waals surface area contributed by atoms with Crippen molar-refractivity contribution < 1.29 is 9.53 Å². The van der Waals surface area contributed by atoms with E-state index in [4.69, 9.17) is 4.74 Å². The molecule has 4 heteroatoms. The number of aryl methyl sites for hydroxylation is 1. The van der Waals surface area contributed by atoms with Crippen molar-refractivity contribution in [1.82, 2.24) is 4.98 Å². The van der Waals surface area contributed by atoms with Crippen LogP contribution in [0.2, 0.25) is 0 Å². The van der Waals surface area contributed by atoms with Crippen molar-refractivity contribution in [2.75, 3.05) is 0 Å². The van der Waals surface area contributed by atoms with Crippen molar-refractivity contribution in [2.45, 2.75) is 26.4 Å². The molecule has 1 aromatic heterocycles. The minimum Gasteiger partial charge on any atom is -0.486 e. The number of nitrogens with zero attached hydrogens (tertiary/aromatic N) is 1. The monoisotopic (exact) mass is 259 g/mol. The number of Topliss-reactive ketones (excluding diaryl/α,β-unsaturated/α-hetero) is 1. The maximum atomic E-state index is 11.6. The minimum atomic E-state index is 0.223. The summed E-state index contributed by atoms with van der Waals surface area (Å²) in [6.07, 6.45) is 1.40. The van der Waals surface area contributed by atoms with Crippen LogP contribution in [0.15, 0.2) is 23.6 Å². The molecular weight excluding hydrogens is 246 g/mol. The number of thiazole rings is 1. The highest BCUT2D eigenvalue weighted by molar-refractivity contribution is 7.09. The van der Waals surface area contributed by atoms with Gasteiger partial charge in [0.05, 0.1) is 0 Å². The number of aromatic nitrogens is 1. The molecule has 1 aliphatic carbocycles. The topological polar surface area (TPSA) is 39.2 Å². The van der Waals surface area contributed by atoms with Crippen LogP contribution in [0.25, 0.3) is 0 Å². The van der Waals surface area contributed by atoms with E-state index in [-0.39, 0.29) is 5.78 Å². The Morgan fingerprint density at radius 3 is 3.06 bits per heavy atom. The van der Waals surface area contributed by atoms with Crippen LogP contribution in [0.1, 0.15) is 33.0 Å². The predicted molar refractivity (Wildman–Crippen MR) is 70.3 cm³/mol. The summed E-state index contributed by atoms with van der Waals surface area (Å²) in [7, 11) is 0. The maximum Gasteiger partial charge on any atom is 0.163 e. The Hall–Kier alpha value is -1.68. The second kappa shape index (κ2) is 4.53. The molecule has 0 saturated carbocycles. The molecule has 0 saturated heterocycles. The molecule has 3 nitrogen and oxygen atoms in total. The van der Waals surface area contributed by atoms with Gasteiger partial charge in [0, 0.05) is 28.6 Å². The molecule has 2 aromatic rings. The molecule has 1 aliphatic rings. The third-order valence-electron chi connectivity index (χ3n) is 3.05. The van der Waals surface area contributed by atoms with Gasteiger partial charge in [0.2, 0.25) is 0 Å². The van der Waals surface area contributed by atoms with Gasteiger partial charge in [-0.05, 0) is 19.4 Å². The van der Waals surface area contributed by atoms with Crippen LogP contribution in [-0.2, 0) is 13.0 Å². The summed E-state index contributed by atoms with van der Waals surface area (Å²) >= 11 is 1.60. The number of carbonyl (C=O) groups excluding carboxylic acids is 1. The normalized spacial score (nSPS) is 13.7. The van der Waals surface area contributed by atoms with Gasteiger partial charge >= 0.3 is 0 Å². The predicted octanol–water partition coefficient (Wildman–Crippen LogP) is 3.16. The fourth-order valence-electron chi connectivity index (χ4n) is 2.20. The van der Waals surface area contributed by atoms with E-state index in [0.717, 1.165) is 34.0 Å². The van der Waals surface area contributed by atoms with Gasteiger partial charge in [0.1, 0.15) is 17.4 Å². The molecule has 1 aromatic carbocycles. The average Bonchev–Trinajstić information content (AvgIpc) is 2.94. The third-order valence-corrected chi connectivity index (χ3v) is 3.99. The number of ether oxygens (including phenoxy) is 1. The number of carbonyl (C=O) groups is 1. The van der Waals surface area contributed by atoms with E-state index >= 15 is 0 Å². The van der Waals surface area contributed by atoms with Crippen molar-refractivity contribution in [1.29, 1.82) is 0 Å². The lowest BCUT2D eigenvalue weighted by atomic mass is 10.1. The number of hydrogen-bond acceptors (Lipinski definition) is 4. The average molecular weight is 259 g/mol. The van der Waals surface area contributed by atoms with Gasteiger partial charge in [-0.2, -0.15) is 0 Å². The van der Waals surface area contributed by atoms with Gasteiger partial charge in [0.15, 0.2) is 5.78 Å². The first-order chi connectivity index (χ1) is 8.74. The number of rotatable bonds is 3. The van der Waals surface area contributed by atoms with E-state index in [1.54, 1.807) is 11.3 Å². The first-order valence-corrected chi connectivity index (χ1v) is 6.81. The lowest BCUT2D eigenvalue weighted by Crippen LogP contribution is -1.98. The summed E-state index contributed by atoms with van der Waals surface area (Å²) < 4.78 is 5.79. The number of hydrogen-bond donors (Lipinski definition) is 0. The fraction of sp³-hybridized carbons (Fsp3) is 0.286. The van der Waals surface area contributed by atoms with Crippen LogP contribution >= 0.6 is 11.3 Å². The summed E-state index contributed by atoms with van der Waals surface area (Å²) in [6.45, 7) is 2.45. The molecule has 0 N–H and O–H groups in total. The Labute approximate surface area is 109 Å². The minimum absolute atomic E-state index is 0.223. The van der Waals surface area contributed by atoms with Gasteiger partial charge in [-0.25, -0.2) is 4.98 Å². The van der Waals surface area contributed by atoms with E-state index in [1.807, 2.05) is 30.5 Å². The molecular formula is C14H13NO2S. The highest BCUT2D eigenvalue weighted by atomic mass is 32.1. The molecule has 0 atom stereocenters. The zero-order valence-corrected chi connectivity index (χ0v) is 10.9. The van der Waals surface area contributed by atoms with Gasteiger partial charge in [0.25, 0.3) is 0 Å². The molecule has 3 rings (SSSR count). The molecule has 0 spiro atoms. The zero-order chi connectivity index (χ0) is 12.5. The van der Waals surface area contributed by atoms with Gasteiger partial charge in [-0.15, -0.1) is 11.3 Å². The lowest BCUT2D eigenvalue weighted by Gasteiger charge is -2.08. The number of benzene rings is 1. The van der Waals surface area contributed by atoms with Crippen LogP contribution in [0.3, 0.4) is 0 Å². The van der Waals surface area contributed by atoms with Crippen molar-refractivity contribution >= 4 is 17.1 Å².